The Bertz CT molecular complexity index is 420. The first kappa shape index (κ1) is 14.6. The molecule has 0 saturated carbocycles. The fourth-order valence-electron chi connectivity index (χ4n) is 1.46. The highest BCUT2D eigenvalue weighted by molar-refractivity contribution is 7.99. The lowest BCUT2D eigenvalue weighted by Crippen LogP contribution is -2.12. The summed E-state index contributed by atoms with van der Waals surface area (Å²) < 4.78 is 0. The zero-order valence-electron chi connectivity index (χ0n) is 10.3. The molecule has 2 N–H and O–H groups in total. The van der Waals surface area contributed by atoms with Crippen LogP contribution in [0.15, 0.2) is 29.2 Å². The normalized spacial score (nSPS) is 10.1. The lowest BCUT2D eigenvalue weighted by Gasteiger charge is -2.09. The number of hydrogen-bond donors (Lipinski definition) is 2. The van der Waals surface area contributed by atoms with Gasteiger partial charge < -0.3 is 10.4 Å². The Morgan fingerprint density at radius 3 is 2.67 bits per heavy atom. The molecule has 1 amide bonds. The molecular weight excluding hydrogens is 250 g/mol. The Labute approximate surface area is 111 Å². The van der Waals surface area contributed by atoms with Gasteiger partial charge in [-0.15, -0.1) is 11.8 Å². The molecule has 1 aromatic carbocycles. The van der Waals surface area contributed by atoms with Gasteiger partial charge in [0.25, 0.3) is 0 Å². The number of carboxylic acid groups (broad SMARTS) is 1. The van der Waals surface area contributed by atoms with Crippen molar-refractivity contribution in [2.24, 2.45) is 0 Å². The van der Waals surface area contributed by atoms with Crippen LogP contribution in [0.5, 0.6) is 0 Å². The zero-order valence-corrected chi connectivity index (χ0v) is 11.1. The van der Waals surface area contributed by atoms with Crippen LogP contribution in [0.25, 0.3) is 0 Å². The molecule has 5 heteroatoms. The summed E-state index contributed by atoms with van der Waals surface area (Å²) in [4.78, 5) is 23.0. The minimum Gasteiger partial charge on any atom is -0.481 e. The van der Waals surface area contributed by atoms with Gasteiger partial charge in [-0.1, -0.05) is 19.1 Å². The quantitative estimate of drug-likeness (QED) is 0.745. The fourth-order valence-corrected chi connectivity index (χ4v) is 2.22. The van der Waals surface area contributed by atoms with E-state index >= 15 is 0 Å². The summed E-state index contributed by atoms with van der Waals surface area (Å²) in [7, 11) is 0. The van der Waals surface area contributed by atoms with Crippen molar-refractivity contribution in [2.75, 3.05) is 11.1 Å². The highest BCUT2D eigenvalue weighted by Gasteiger charge is 2.07. The van der Waals surface area contributed by atoms with Crippen LogP contribution in [0.2, 0.25) is 0 Å². The molecule has 18 heavy (non-hydrogen) atoms. The Morgan fingerprint density at radius 1 is 1.28 bits per heavy atom. The van der Waals surface area contributed by atoms with Crippen LogP contribution in [0.1, 0.15) is 26.2 Å². The van der Waals surface area contributed by atoms with Gasteiger partial charge in [0.05, 0.1) is 5.69 Å². The summed E-state index contributed by atoms with van der Waals surface area (Å²) in [5.74, 6) is -0.0727. The van der Waals surface area contributed by atoms with Crippen LogP contribution in [0.4, 0.5) is 5.69 Å². The van der Waals surface area contributed by atoms with Gasteiger partial charge in [0.15, 0.2) is 0 Å². The van der Waals surface area contributed by atoms with E-state index in [2.05, 4.69) is 12.2 Å². The third-order valence-corrected chi connectivity index (χ3v) is 3.21. The van der Waals surface area contributed by atoms with Gasteiger partial charge in [0.2, 0.25) is 5.91 Å². The Kier molecular flexibility index (Phi) is 6.28. The number of nitrogens with one attached hydrogen (secondary N) is 1. The largest absolute Gasteiger partial charge is 0.481 e. The van der Waals surface area contributed by atoms with Gasteiger partial charge in [-0.25, -0.2) is 0 Å². The third kappa shape index (κ3) is 5.23. The molecule has 0 aromatic heterocycles. The van der Waals surface area contributed by atoms with E-state index < -0.39 is 5.97 Å². The summed E-state index contributed by atoms with van der Waals surface area (Å²) in [6.07, 6.45) is 0.625. The van der Waals surface area contributed by atoms with Gasteiger partial charge >= 0.3 is 5.97 Å². The monoisotopic (exact) mass is 267 g/mol. The first-order valence-corrected chi connectivity index (χ1v) is 6.85. The van der Waals surface area contributed by atoms with E-state index in [0.29, 0.717) is 6.42 Å². The molecule has 0 unspecified atom stereocenters. The Morgan fingerprint density at radius 2 is 2.00 bits per heavy atom. The van der Waals surface area contributed by atoms with Gasteiger partial charge in [0, 0.05) is 17.7 Å². The highest BCUT2D eigenvalue weighted by Crippen LogP contribution is 2.26. The summed E-state index contributed by atoms with van der Waals surface area (Å²) in [6.45, 7) is 2.05. The predicted molar refractivity (Wildman–Crippen MR) is 73.0 cm³/mol. The molecule has 0 saturated heterocycles. The number of amides is 1. The van der Waals surface area contributed by atoms with Crippen LogP contribution in [0, 0.1) is 0 Å². The number of carboxylic acids is 1. The molecule has 0 aliphatic heterocycles. The fraction of sp³-hybridized carbons (Fsp3) is 0.385. The first-order valence-electron chi connectivity index (χ1n) is 5.87. The van der Waals surface area contributed by atoms with E-state index in [0.717, 1.165) is 16.3 Å². The Balaban J connectivity index is 2.50. The minimum absolute atomic E-state index is 0.0266. The van der Waals surface area contributed by atoms with Crippen molar-refractivity contribution in [1.82, 2.24) is 0 Å². The number of benzene rings is 1. The number of thioether (sulfide) groups is 1. The second kappa shape index (κ2) is 7.76. The van der Waals surface area contributed by atoms with Crippen molar-refractivity contribution in [1.29, 1.82) is 0 Å². The molecular formula is C13H17NO3S. The van der Waals surface area contributed by atoms with E-state index in [1.54, 1.807) is 11.8 Å². The van der Waals surface area contributed by atoms with Crippen LogP contribution >= 0.6 is 11.8 Å². The van der Waals surface area contributed by atoms with Crippen molar-refractivity contribution in [3.05, 3.63) is 24.3 Å². The molecule has 0 bridgehead atoms. The maximum Gasteiger partial charge on any atom is 0.303 e. The first-order chi connectivity index (χ1) is 8.63. The number of carbonyl (C=O) groups is 2. The van der Waals surface area contributed by atoms with Crippen molar-refractivity contribution >= 4 is 29.3 Å². The van der Waals surface area contributed by atoms with Crippen LogP contribution < -0.4 is 5.32 Å². The highest BCUT2D eigenvalue weighted by atomic mass is 32.2. The topological polar surface area (TPSA) is 66.4 Å². The van der Waals surface area contributed by atoms with Gasteiger partial charge in [-0.05, 0) is 24.3 Å². The second-order valence-electron chi connectivity index (χ2n) is 3.72. The minimum atomic E-state index is -0.871. The molecule has 0 fully saturated rings. The van der Waals surface area contributed by atoms with E-state index in [1.807, 2.05) is 24.3 Å². The molecule has 0 heterocycles. The number of rotatable bonds is 7. The maximum absolute atomic E-state index is 11.6. The molecule has 0 radical (unpaired) electrons. The predicted octanol–water partition coefficient (Wildman–Crippen LogP) is 2.99. The number of carbonyl (C=O) groups excluding carboxylic acids is 1. The van der Waals surface area contributed by atoms with Crippen molar-refractivity contribution in [3.8, 4) is 0 Å². The average molecular weight is 267 g/mol. The molecule has 0 atom stereocenters. The third-order valence-electron chi connectivity index (χ3n) is 2.26. The average Bonchev–Trinajstić information content (AvgIpc) is 2.31. The smallest absolute Gasteiger partial charge is 0.303 e. The van der Waals surface area contributed by atoms with Crippen molar-refractivity contribution in [3.63, 3.8) is 0 Å². The summed E-state index contributed by atoms with van der Waals surface area (Å²) in [5.41, 5.74) is 0.796. The molecule has 0 spiro atoms. The van der Waals surface area contributed by atoms with Crippen LogP contribution in [-0.2, 0) is 9.59 Å². The standard InChI is InChI=1S/C13H17NO3S/c1-2-18-11-7-4-3-6-10(11)14-12(15)8-5-9-13(16)17/h3-4,6-7H,2,5,8-9H2,1H3,(H,14,15)(H,16,17). The van der Waals surface area contributed by atoms with Crippen LogP contribution in [0.3, 0.4) is 0 Å². The van der Waals surface area contributed by atoms with Crippen LogP contribution in [-0.4, -0.2) is 22.7 Å². The van der Waals surface area contributed by atoms with Gasteiger partial charge in [0.1, 0.15) is 0 Å². The van der Waals surface area contributed by atoms with E-state index in [4.69, 9.17) is 5.11 Å². The SMILES string of the molecule is CCSc1ccccc1NC(=O)CCCC(=O)O. The van der Waals surface area contributed by atoms with E-state index in [1.165, 1.54) is 0 Å². The van der Waals surface area contributed by atoms with Gasteiger partial charge in [-0.2, -0.15) is 0 Å². The summed E-state index contributed by atoms with van der Waals surface area (Å²) in [6, 6.07) is 7.61. The van der Waals surface area contributed by atoms with Crippen molar-refractivity contribution < 1.29 is 14.7 Å². The molecule has 98 valence electrons. The molecule has 1 aromatic rings. The molecule has 4 nitrogen and oxygen atoms in total. The number of hydrogen-bond acceptors (Lipinski definition) is 3. The molecule has 1 rings (SSSR count). The Hall–Kier alpha value is -1.49. The number of anilines is 1. The molecule has 0 aliphatic rings. The lowest BCUT2D eigenvalue weighted by molar-refractivity contribution is -0.137. The lowest BCUT2D eigenvalue weighted by atomic mass is 10.2. The number of para-hydroxylation sites is 1. The van der Waals surface area contributed by atoms with E-state index in [-0.39, 0.29) is 18.7 Å². The second-order valence-corrected chi connectivity index (χ2v) is 5.03. The number of aliphatic carboxylic acids is 1. The summed E-state index contributed by atoms with van der Waals surface area (Å²) in [5, 5.41) is 11.3. The van der Waals surface area contributed by atoms with Crippen molar-refractivity contribution in [2.45, 2.75) is 31.1 Å². The zero-order chi connectivity index (χ0) is 13.4. The van der Waals surface area contributed by atoms with Gasteiger partial charge in [-0.3, -0.25) is 9.59 Å². The summed E-state index contributed by atoms with van der Waals surface area (Å²) >= 11 is 1.66. The van der Waals surface area contributed by atoms with E-state index in [9.17, 15) is 9.59 Å². The molecule has 0 aliphatic carbocycles. The maximum atomic E-state index is 11.6.